The third-order valence-electron chi connectivity index (χ3n) is 6.00. The lowest BCUT2D eigenvalue weighted by molar-refractivity contribution is 0.0997. The molecule has 0 unspecified atom stereocenters. The molecular formula is C26H31N7O. The number of H-pyrrole nitrogens is 1. The maximum Gasteiger partial charge on any atom is 0.269 e. The lowest BCUT2D eigenvalue weighted by atomic mass is 10.0. The molecule has 0 aliphatic rings. The molecule has 4 rings (SSSR count). The van der Waals surface area contributed by atoms with E-state index in [-0.39, 0.29) is 5.69 Å². The number of nitrogen functional groups attached to an aromatic ring is 1. The number of primary amides is 1. The highest BCUT2D eigenvalue weighted by Gasteiger charge is 2.19. The maximum atomic E-state index is 12.3. The number of aromatic amines is 1. The summed E-state index contributed by atoms with van der Waals surface area (Å²) in [6.07, 6.45) is 3.32. The summed E-state index contributed by atoms with van der Waals surface area (Å²) in [5.74, 6) is 0.844. The minimum absolute atomic E-state index is 0.135. The van der Waals surface area contributed by atoms with Crippen molar-refractivity contribution in [3.63, 3.8) is 0 Å². The van der Waals surface area contributed by atoms with Crippen molar-refractivity contribution in [2.45, 2.75) is 33.6 Å². The Morgan fingerprint density at radius 1 is 1.18 bits per heavy atom. The molecule has 3 aromatic heterocycles. The summed E-state index contributed by atoms with van der Waals surface area (Å²) < 4.78 is 0. The Hall–Kier alpha value is -3.94. The third-order valence-corrected chi connectivity index (χ3v) is 6.00. The van der Waals surface area contributed by atoms with Gasteiger partial charge in [-0.05, 0) is 49.1 Å². The SMILES string of the molecule is CCCN(CCC(C)C)c1cccc(-c2cc3c([nH]c4ccc(N)c(C=N)c43)c(C(N)=O)n2)n1. The number of pyridine rings is 2. The van der Waals surface area contributed by atoms with Gasteiger partial charge in [-0.15, -0.1) is 0 Å². The van der Waals surface area contributed by atoms with E-state index in [1.54, 1.807) is 6.07 Å². The van der Waals surface area contributed by atoms with Gasteiger partial charge in [0.1, 0.15) is 5.82 Å². The molecular weight excluding hydrogens is 426 g/mol. The van der Waals surface area contributed by atoms with Crippen molar-refractivity contribution >= 4 is 45.4 Å². The zero-order chi connectivity index (χ0) is 24.4. The lowest BCUT2D eigenvalue weighted by Crippen LogP contribution is -2.27. The number of hydrogen-bond donors (Lipinski definition) is 4. The second kappa shape index (κ2) is 9.51. The Morgan fingerprint density at radius 3 is 2.65 bits per heavy atom. The van der Waals surface area contributed by atoms with Crippen LogP contribution in [0.25, 0.3) is 33.2 Å². The first-order chi connectivity index (χ1) is 16.3. The maximum absolute atomic E-state index is 12.3. The molecule has 4 aromatic rings. The Bertz CT molecular complexity index is 1370. The molecule has 3 heterocycles. The first-order valence-electron chi connectivity index (χ1n) is 11.6. The Balaban J connectivity index is 1.90. The van der Waals surface area contributed by atoms with Gasteiger partial charge in [0.2, 0.25) is 0 Å². The molecule has 1 aromatic carbocycles. The van der Waals surface area contributed by atoms with Crippen LogP contribution in [-0.4, -0.2) is 40.2 Å². The largest absolute Gasteiger partial charge is 0.398 e. The number of amides is 1. The van der Waals surface area contributed by atoms with E-state index in [4.69, 9.17) is 21.9 Å². The van der Waals surface area contributed by atoms with E-state index in [1.165, 1.54) is 6.21 Å². The molecule has 0 aliphatic carbocycles. The highest BCUT2D eigenvalue weighted by atomic mass is 16.1. The van der Waals surface area contributed by atoms with Crippen LogP contribution in [0.3, 0.4) is 0 Å². The molecule has 1 amide bonds. The quantitative estimate of drug-likeness (QED) is 0.213. The van der Waals surface area contributed by atoms with Crippen LogP contribution in [0.2, 0.25) is 0 Å². The molecule has 8 nitrogen and oxygen atoms in total. The highest BCUT2D eigenvalue weighted by molar-refractivity contribution is 6.20. The second-order valence-corrected chi connectivity index (χ2v) is 8.95. The normalized spacial score (nSPS) is 11.4. The van der Waals surface area contributed by atoms with Crippen LogP contribution in [0, 0.1) is 11.3 Å². The number of fused-ring (bicyclic) bond motifs is 3. The van der Waals surface area contributed by atoms with E-state index in [0.717, 1.165) is 48.0 Å². The highest BCUT2D eigenvalue weighted by Crippen LogP contribution is 2.34. The Morgan fingerprint density at radius 2 is 1.97 bits per heavy atom. The number of carbonyl (C=O) groups is 1. The third kappa shape index (κ3) is 4.31. The Kier molecular flexibility index (Phi) is 6.49. The molecule has 8 heteroatoms. The first-order valence-corrected chi connectivity index (χ1v) is 11.6. The number of rotatable bonds is 9. The van der Waals surface area contributed by atoms with Crippen LogP contribution in [-0.2, 0) is 0 Å². The summed E-state index contributed by atoms with van der Waals surface area (Å²) in [5.41, 5.74) is 15.5. The molecule has 0 fully saturated rings. The molecule has 6 N–H and O–H groups in total. The van der Waals surface area contributed by atoms with Crippen molar-refractivity contribution in [1.82, 2.24) is 15.0 Å². The van der Waals surface area contributed by atoms with Gasteiger partial charge in [0.15, 0.2) is 5.69 Å². The van der Waals surface area contributed by atoms with Crippen LogP contribution >= 0.6 is 0 Å². The fourth-order valence-corrected chi connectivity index (χ4v) is 4.27. The summed E-state index contributed by atoms with van der Waals surface area (Å²) in [7, 11) is 0. The van der Waals surface area contributed by atoms with Crippen molar-refractivity contribution in [1.29, 1.82) is 5.41 Å². The van der Waals surface area contributed by atoms with Crippen molar-refractivity contribution in [3.05, 3.63) is 47.7 Å². The number of carbonyl (C=O) groups excluding carboxylic acids is 1. The zero-order valence-electron chi connectivity index (χ0n) is 19.9. The smallest absolute Gasteiger partial charge is 0.269 e. The summed E-state index contributed by atoms with van der Waals surface area (Å²) in [6, 6.07) is 11.3. The first kappa shape index (κ1) is 23.2. The Labute approximate surface area is 198 Å². The molecule has 176 valence electrons. The number of nitrogens with zero attached hydrogens (tertiary/aromatic N) is 3. The van der Waals surface area contributed by atoms with Crippen molar-refractivity contribution < 1.29 is 4.79 Å². The molecule has 0 atom stereocenters. The monoisotopic (exact) mass is 457 g/mol. The van der Waals surface area contributed by atoms with Crippen molar-refractivity contribution in [2.75, 3.05) is 23.7 Å². The van der Waals surface area contributed by atoms with E-state index < -0.39 is 5.91 Å². The summed E-state index contributed by atoms with van der Waals surface area (Å²) in [5, 5.41) is 9.37. The van der Waals surface area contributed by atoms with Gasteiger partial charge < -0.3 is 26.8 Å². The van der Waals surface area contributed by atoms with Crippen LogP contribution < -0.4 is 16.4 Å². The fourth-order valence-electron chi connectivity index (χ4n) is 4.27. The van der Waals surface area contributed by atoms with Gasteiger partial charge in [0, 0.05) is 46.8 Å². The summed E-state index contributed by atoms with van der Waals surface area (Å²) in [6.45, 7) is 8.42. The van der Waals surface area contributed by atoms with Crippen LogP contribution in [0.1, 0.15) is 49.7 Å². The van der Waals surface area contributed by atoms with E-state index >= 15 is 0 Å². The van der Waals surface area contributed by atoms with Gasteiger partial charge in [-0.1, -0.05) is 26.8 Å². The number of nitrogens with one attached hydrogen (secondary N) is 2. The van der Waals surface area contributed by atoms with Gasteiger partial charge >= 0.3 is 0 Å². The van der Waals surface area contributed by atoms with Crippen LogP contribution in [0.5, 0.6) is 0 Å². The topological polar surface area (TPSA) is 138 Å². The molecule has 0 saturated heterocycles. The molecule has 0 spiro atoms. The minimum Gasteiger partial charge on any atom is -0.398 e. The number of benzene rings is 1. The summed E-state index contributed by atoms with van der Waals surface area (Å²) >= 11 is 0. The zero-order valence-corrected chi connectivity index (χ0v) is 19.9. The van der Waals surface area contributed by atoms with Gasteiger partial charge in [0.25, 0.3) is 5.91 Å². The molecule has 0 aliphatic heterocycles. The number of hydrogen-bond acceptors (Lipinski definition) is 6. The summed E-state index contributed by atoms with van der Waals surface area (Å²) in [4.78, 5) is 27.4. The second-order valence-electron chi connectivity index (χ2n) is 8.95. The predicted octanol–water partition coefficient (Wildman–Crippen LogP) is 4.72. The molecule has 0 saturated carbocycles. The fraction of sp³-hybridized carbons (Fsp3) is 0.308. The number of nitrogens with two attached hydrogens (primary N) is 2. The number of anilines is 2. The molecule has 0 radical (unpaired) electrons. The standard InChI is InChI=1S/C26H31N7O/c1-4-11-33(12-10-15(2)3)22-7-5-6-19(30-22)21-13-16-23-17(14-27)18(28)8-9-20(23)31-24(16)25(32-21)26(29)34/h5-9,13-15,27,31H,4,10-12,28H2,1-3H3,(H2,29,34). The molecule has 0 bridgehead atoms. The van der Waals surface area contributed by atoms with E-state index in [9.17, 15) is 4.79 Å². The predicted molar refractivity (Wildman–Crippen MR) is 140 cm³/mol. The van der Waals surface area contributed by atoms with Crippen molar-refractivity contribution in [3.8, 4) is 11.4 Å². The van der Waals surface area contributed by atoms with Gasteiger partial charge in [-0.2, -0.15) is 0 Å². The van der Waals surface area contributed by atoms with E-state index in [0.29, 0.717) is 34.1 Å². The van der Waals surface area contributed by atoms with Gasteiger partial charge in [-0.25, -0.2) is 9.97 Å². The average molecular weight is 458 g/mol. The average Bonchev–Trinajstić information content (AvgIpc) is 3.19. The number of aromatic nitrogens is 3. The van der Waals surface area contributed by atoms with E-state index in [2.05, 4.69) is 35.6 Å². The van der Waals surface area contributed by atoms with Crippen LogP contribution in [0.15, 0.2) is 36.4 Å². The van der Waals surface area contributed by atoms with Crippen molar-refractivity contribution in [2.24, 2.45) is 11.7 Å². The van der Waals surface area contributed by atoms with E-state index in [1.807, 2.05) is 30.3 Å². The van der Waals surface area contributed by atoms with Gasteiger partial charge in [0.05, 0.1) is 16.9 Å². The molecule has 34 heavy (non-hydrogen) atoms. The minimum atomic E-state index is -0.636. The lowest BCUT2D eigenvalue weighted by Gasteiger charge is -2.24. The van der Waals surface area contributed by atoms with Gasteiger partial charge in [-0.3, -0.25) is 4.79 Å². The van der Waals surface area contributed by atoms with Crippen LogP contribution in [0.4, 0.5) is 11.5 Å².